The normalized spacial score (nSPS) is 17.2. The summed E-state index contributed by atoms with van der Waals surface area (Å²) >= 11 is 1.65. The maximum Gasteiger partial charge on any atom is 0.227 e. The second kappa shape index (κ2) is 8.34. The predicted octanol–water partition coefficient (Wildman–Crippen LogP) is 3.92. The number of aromatic nitrogens is 3. The Bertz CT molecular complexity index is 937. The number of thiazole rings is 1. The van der Waals surface area contributed by atoms with E-state index in [2.05, 4.69) is 57.2 Å². The lowest BCUT2D eigenvalue weighted by atomic mass is 10.1. The number of aryl methyl sites for hydroxylation is 2. The van der Waals surface area contributed by atoms with Gasteiger partial charge in [0.15, 0.2) is 0 Å². The Hall–Kier alpha value is -2.35. The first-order valence-electron chi connectivity index (χ1n) is 9.59. The van der Waals surface area contributed by atoms with Crippen molar-refractivity contribution in [2.75, 3.05) is 18.5 Å². The SMILES string of the molecule is Cc1cc(C)cc(Nc2nccc(-c3ncc(CN4CCCC4CO)s3)n2)c1. The molecule has 28 heavy (non-hydrogen) atoms. The van der Waals surface area contributed by atoms with E-state index in [9.17, 15) is 5.11 Å². The van der Waals surface area contributed by atoms with E-state index in [1.807, 2.05) is 12.3 Å². The van der Waals surface area contributed by atoms with Crippen LogP contribution in [0.1, 0.15) is 28.8 Å². The number of aliphatic hydroxyl groups excluding tert-OH is 1. The second-order valence-corrected chi connectivity index (χ2v) is 8.46. The number of likely N-dealkylation sites (tertiary alicyclic amines) is 1. The van der Waals surface area contributed by atoms with Crippen LogP contribution in [0.25, 0.3) is 10.7 Å². The fourth-order valence-corrected chi connectivity index (χ4v) is 4.63. The molecule has 0 spiro atoms. The maximum absolute atomic E-state index is 9.51. The number of anilines is 2. The molecule has 3 heterocycles. The molecule has 0 amide bonds. The van der Waals surface area contributed by atoms with Crippen molar-refractivity contribution in [1.29, 1.82) is 0 Å². The quantitative estimate of drug-likeness (QED) is 0.659. The number of aliphatic hydroxyl groups is 1. The van der Waals surface area contributed by atoms with Gasteiger partial charge in [-0.1, -0.05) is 6.07 Å². The number of nitrogens with one attached hydrogen (secondary N) is 1. The summed E-state index contributed by atoms with van der Waals surface area (Å²) in [6.45, 7) is 6.26. The van der Waals surface area contributed by atoms with E-state index in [1.165, 1.54) is 16.0 Å². The molecule has 2 N–H and O–H groups in total. The van der Waals surface area contributed by atoms with Crippen LogP contribution in [0.2, 0.25) is 0 Å². The smallest absolute Gasteiger partial charge is 0.227 e. The van der Waals surface area contributed by atoms with Gasteiger partial charge in [-0.2, -0.15) is 0 Å². The Balaban J connectivity index is 1.49. The molecular weight excluding hydrogens is 370 g/mol. The summed E-state index contributed by atoms with van der Waals surface area (Å²) in [5, 5.41) is 13.7. The van der Waals surface area contributed by atoms with Crippen LogP contribution in [0, 0.1) is 13.8 Å². The maximum atomic E-state index is 9.51. The van der Waals surface area contributed by atoms with Gasteiger partial charge in [-0.15, -0.1) is 11.3 Å². The number of nitrogens with zero attached hydrogens (tertiary/aromatic N) is 4. The van der Waals surface area contributed by atoms with Crippen LogP contribution < -0.4 is 5.32 Å². The molecule has 1 fully saturated rings. The molecule has 1 aliphatic heterocycles. The monoisotopic (exact) mass is 395 g/mol. The lowest BCUT2D eigenvalue weighted by molar-refractivity contribution is 0.154. The van der Waals surface area contributed by atoms with Crippen molar-refractivity contribution in [1.82, 2.24) is 19.9 Å². The highest BCUT2D eigenvalue weighted by molar-refractivity contribution is 7.14. The topological polar surface area (TPSA) is 74.2 Å². The van der Waals surface area contributed by atoms with Crippen LogP contribution in [0.4, 0.5) is 11.6 Å². The fourth-order valence-electron chi connectivity index (χ4n) is 3.72. The molecule has 1 saturated heterocycles. The highest BCUT2D eigenvalue weighted by atomic mass is 32.1. The van der Waals surface area contributed by atoms with Gasteiger partial charge in [0.25, 0.3) is 0 Å². The molecule has 4 rings (SSSR count). The molecule has 0 aliphatic carbocycles. The zero-order valence-electron chi connectivity index (χ0n) is 16.2. The number of benzene rings is 1. The third-order valence-electron chi connectivity index (χ3n) is 4.97. The standard InChI is InChI=1S/C21H25N5OS/c1-14-8-15(2)10-16(9-14)24-21-22-6-5-19(25-21)20-23-11-18(28-20)12-26-7-3-4-17(26)13-27/h5-6,8-11,17,27H,3-4,7,12-13H2,1-2H3,(H,22,24,25). The van der Waals surface area contributed by atoms with E-state index in [1.54, 1.807) is 17.5 Å². The van der Waals surface area contributed by atoms with E-state index in [0.29, 0.717) is 5.95 Å². The van der Waals surface area contributed by atoms with Gasteiger partial charge < -0.3 is 10.4 Å². The zero-order valence-corrected chi connectivity index (χ0v) is 17.0. The zero-order chi connectivity index (χ0) is 19.5. The summed E-state index contributed by atoms with van der Waals surface area (Å²) < 4.78 is 0. The van der Waals surface area contributed by atoms with E-state index < -0.39 is 0 Å². The van der Waals surface area contributed by atoms with Gasteiger partial charge in [-0.05, 0) is 62.6 Å². The van der Waals surface area contributed by atoms with Crippen LogP contribution in [-0.4, -0.2) is 44.2 Å². The van der Waals surface area contributed by atoms with Gasteiger partial charge in [0.1, 0.15) is 10.7 Å². The van der Waals surface area contributed by atoms with Crippen LogP contribution in [0.5, 0.6) is 0 Å². The van der Waals surface area contributed by atoms with Gasteiger partial charge in [-0.3, -0.25) is 4.90 Å². The molecule has 1 aromatic carbocycles. The molecule has 1 aliphatic rings. The van der Waals surface area contributed by atoms with E-state index in [0.717, 1.165) is 42.3 Å². The van der Waals surface area contributed by atoms with Crippen molar-refractivity contribution >= 4 is 23.0 Å². The Kier molecular flexibility index (Phi) is 5.66. The van der Waals surface area contributed by atoms with Crippen molar-refractivity contribution in [2.45, 2.75) is 39.3 Å². The summed E-state index contributed by atoms with van der Waals surface area (Å²) in [6.07, 6.45) is 5.90. The molecule has 6 nitrogen and oxygen atoms in total. The highest BCUT2D eigenvalue weighted by Gasteiger charge is 2.24. The van der Waals surface area contributed by atoms with Gasteiger partial charge in [0.05, 0.1) is 6.61 Å². The summed E-state index contributed by atoms with van der Waals surface area (Å²) in [5.74, 6) is 0.569. The average Bonchev–Trinajstić information content (AvgIpc) is 3.31. The summed E-state index contributed by atoms with van der Waals surface area (Å²) in [4.78, 5) is 17.1. The Morgan fingerprint density at radius 2 is 2.04 bits per heavy atom. The minimum atomic E-state index is 0.227. The van der Waals surface area contributed by atoms with E-state index in [-0.39, 0.29) is 12.6 Å². The molecule has 1 unspecified atom stereocenters. The van der Waals surface area contributed by atoms with Crippen molar-refractivity contribution in [2.24, 2.45) is 0 Å². The molecule has 2 aromatic heterocycles. The van der Waals surface area contributed by atoms with Crippen molar-refractivity contribution in [3.05, 3.63) is 52.7 Å². The predicted molar refractivity (Wildman–Crippen MR) is 113 cm³/mol. The van der Waals surface area contributed by atoms with Gasteiger partial charge >= 0.3 is 0 Å². The van der Waals surface area contributed by atoms with Crippen molar-refractivity contribution in [3.63, 3.8) is 0 Å². The minimum Gasteiger partial charge on any atom is -0.395 e. The summed E-state index contributed by atoms with van der Waals surface area (Å²) in [5.41, 5.74) is 4.20. The first kappa shape index (κ1) is 19.0. The lowest BCUT2D eigenvalue weighted by Gasteiger charge is -2.21. The summed E-state index contributed by atoms with van der Waals surface area (Å²) in [7, 11) is 0. The first-order chi connectivity index (χ1) is 13.6. The van der Waals surface area contributed by atoms with Crippen LogP contribution in [-0.2, 0) is 6.54 Å². The molecule has 0 radical (unpaired) electrons. The van der Waals surface area contributed by atoms with Gasteiger partial charge in [0, 0.05) is 35.5 Å². The first-order valence-corrected chi connectivity index (χ1v) is 10.4. The van der Waals surface area contributed by atoms with Crippen molar-refractivity contribution < 1.29 is 5.11 Å². The Morgan fingerprint density at radius 3 is 2.82 bits per heavy atom. The molecular formula is C21H25N5OS. The Morgan fingerprint density at radius 1 is 1.21 bits per heavy atom. The van der Waals surface area contributed by atoms with Crippen LogP contribution in [0.15, 0.2) is 36.7 Å². The van der Waals surface area contributed by atoms with Crippen LogP contribution in [0.3, 0.4) is 0 Å². The molecule has 0 saturated carbocycles. The second-order valence-electron chi connectivity index (χ2n) is 7.35. The van der Waals surface area contributed by atoms with Crippen molar-refractivity contribution in [3.8, 4) is 10.7 Å². The number of rotatable bonds is 6. The third kappa shape index (κ3) is 4.38. The number of hydrogen-bond acceptors (Lipinski definition) is 7. The molecule has 0 bridgehead atoms. The van der Waals surface area contributed by atoms with Gasteiger partial charge in [0.2, 0.25) is 5.95 Å². The largest absolute Gasteiger partial charge is 0.395 e. The van der Waals surface area contributed by atoms with E-state index >= 15 is 0 Å². The molecule has 3 aromatic rings. The van der Waals surface area contributed by atoms with E-state index in [4.69, 9.17) is 0 Å². The molecule has 7 heteroatoms. The van der Waals surface area contributed by atoms with Gasteiger partial charge in [-0.25, -0.2) is 15.0 Å². The Labute approximate surface area is 169 Å². The lowest BCUT2D eigenvalue weighted by Crippen LogP contribution is -2.31. The summed E-state index contributed by atoms with van der Waals surface area (Å²) in [6, 6.07) is 8.47. The van der Waals surface area contributed by atoms with Crippen LogP contribution >= 0.6 is 11.3 Å². The molecule has 146 valence electrons. The molecule has 1 atom stereocenters. The number of hydrogen-bond donors (Lipinski definition) is 2. The minimum absolute atomic E-state index is 0.227. The average molecular weight is 396 g/mol. The fraction of sp³-hybridized carbons (Fsp3) is 0.381. The third-order valence-corrected chi connectivity index (χ3v) is 5.98. The highest BCUT2D eigenvalue weighted by Crippen LogP contribution is 2.28.